The molecule has 0 spiro atoms. The number of rotatable bonds is 6. The molecule has 0 amide bonds. The van der Waals surface area contributed by atoms with Gasteiger partial charge in [-0.1, -0.05) is 17.7 Å². The minimum atomic E-state index is 0.363. The van der Waals surface area contributed by atoms with Crippen molar-refractivity contribution in [2.24, 2.45) is 0 Å². The third-order valence-corrected chi connectivity index (χ3v) is 3.44. The third kappa shape index (κ3) is 4.08. The van der Waals surface area contributed by atoms with E-state index in [1.54, 1.807) is 31.6 Å². The van der Waals surface area contributed by atoms with Gasteiger partial charge >= 0.3 is 0 Å². The Kier molecular flexibility index (Phi) is 5.02. The van der Waals surface area contributed by atoms with Crippen molar-refractivity contribution < 1.29 is 4.74 Å². The standard InChI is InChI=1S/C16H15ClN6O/c1-24-14-6-5-11(8-13(14)17)21-16-22-15(10-20-23-16)19-9-12-4-2-3-7-18-12/h2-8,10H,9H2,1H3,(H2,19,21,22,23). The maximum Gasteiger partial charge on any atom is 0.249 e. The Morgan fingerprint density at radius 1 is 1.21 bits per heavy atom. The lowest BCUT2D eigenvalue weighted by molar-refractivity contribution is 0.415. The molecule has 2 aromatic heterocycles. The second-order valence-corrected chi connectivity index (χ2v) is 5.22. The van der Waals surface area contributed by atoms with Crippen molar-refractivity contribution in [1.82, 2.24) is 20.2 Å². The molecule has 3 aromatic rings. The van der Waals surface area contributed by atoms with Gasteiger partial charge in [0, 0.05) is 11.9 Å². The molecule has 2 N–H and O–H groups in total. The maximum absolute atomic E-state index is 6.10. The number of anilines is 3. The Hall–Kier alpha value is -2.93. The Labute approximate surface area is 144 Å². The van der Waals surface area contributed by atoms with Crippen LogP contribution in [0, 0.1) is 0 Å². The summed E-state index contributed by atoms with van der Waals surface area (Å²) in [5.74, 6) is 1.56. The quantitative estimate of drug-likeness (QED) is 0.711. The number of hydrogen-bond acceptors (Lipinski definition) is 7. The van der Waals surface area contributed by atoms with Crippen LogP contribution in [0.4, 0.5) is 17.5 Å². The van der Waals surface area contributed by atoms with Crippen molar-refractivity contribution >= 4 is 29.1 Å². The lowest BCUT2D eigenvalue weighted by atomic mass is 10.3. The Morgan fingerprint density at radius 2 is 2.12 bits per heavy atom. The normalized spacial score (nSPS) is 10.2. The van der Waals surface area contributed by atoms with Gasteiger partial charge in [-0.25, -0.2) is 0 Å². The molecule has 8 heteroatoms. The van der Waals surface area contributed by atoms with E-state index in [-0.39, 0.29) is 0 Å². The molecule has 0 saturated heterocycles. The summed E-state index contributed by atoms with van der Waals surface area (Å²) >= 11 is 6.10. The molecule has 0 saturated carbocycles. The fourth-order valence-corrected chi connectivity index (χ4v) is 2.26. The first-order chi connectivity index (χ1) is 11.7. The number of nitrogens with one attached hydrogen (secondary N) is 2. The smallest absolute Gasteiger partial charge is 0.249 e. The maximum atomic E-state index is 6.10. The van der Waals surface area contributed by atoms with E-state index >= 15 is 0 Å². The number of halogens is 1. The first kappa shape index (κ1) is 15.9. The number of nitrogens with zero attached hydrogens (tertiary/aromatic N) is 4. The lowest BCUT2D eigenvalue weighted by Crippen LogP contribution is -2.06. The highest BCUT2D eigenvalue weighted by atomic mass is 35.5. The van der Waals surface area contributed by atoms with Gasteiger partial charge in [-0.15, -0.1) is 5.10 Å². The largest absolute Gasteiger partial charge is 0.495 e. The van der Waals surface area contributed by atoms with Gasteiger partial charge in [0.25, 0.3) is 0 Å². The van der Waals surface area contributed by atoms with E-state index in [1.807, 2.05) is 24.3 Å². The molecule has 0 aliphatic rings. The molecule has 1 aromatic carbocycles. The summed E-state index contributed by atoms with van der Waals surface area (Å²) < 4.78 is 5.12. The van der Waals surface area contributed by atoms with Crippen LogP contribution < -0.4 is 15.4 Å². The second kappa shape index (κ2) is 7.56. The Morgan fingerprint density at radius 3 is 2.88 bits per heavy atom. The van der Waals surface area contributed by atoms with E-state index in [0.29, 0.717) is 29.1 Å². The molecular formula is C16H15ClN6O. The molecule has 3 rings (SSSR count). The Bertz CT molecular complexity index is 815. The van der Waals surface area contributed by atoms with Crippen LogP contribution in [0.3, 0.4) is 0 Å². The Balaban J connectivity index is 1.67. The molecule has 2 heterocycles. The van der Waals surface area contributed by atoms with Gasteiger partial charge < -0.3 is 15.4 Å². The van der Waals surface area contributed by atoms with Crippen LogP contribution in [0.1, 0.15) is 5.69 Å². The van der Waals surface area contributed by atoms with Crippen molar-refractivity contribution in [2.45, 2.75) is 6.54 Å². The zero-order valence-electron chi connectivity index (χ0n) is 12.9. The number of benzene rings is 1. The van der Waals surface area contributed by atoms with Gasteiger partial charge in [-0.2, -0.15) is 10.1 Å². The molecule has 0 aliphatic carbocycles. The zero-order chi connectivity index (χ0) is 16.8. The van der Waals surface area contributed by atoms with Gasteiger partial charge in [0.05, 0.1) is 30.6 Å². The fourth-order valence-electron chi connectivity index (χ4n) is 2.00. The molecule has 0 radical (unpaired) electrons. The summed E-state index contributed by atoms with van der Waals surface area (Å²) in [6, 6.07) is 11.1. The van der Waals surface area contributed by atoms with Crippen molar-refractivity contribution in [2.75, 3.05) is 17.7 Å². The van der Waals surface area contributed by atoms with Crippen LogP contribution in [0.5, 0.6) is 5.75 Å². The van der Waals surface area contributed by atoms with Gasteiger partial charge in [0.15, 0.2) is 5.82 Å². The summed E-state index contributed by atoms with van der Waals surface area (Å²) in [7, 11) is 1.57. The molecule has 0 aliphatic heterocycles. The molecular weight excluding hydrogens is 328 g/mol. The van der Waals surface area contributed by atoms with E-state index in [9.17, 15) is 0 Å². The van der Waals surface area contributed by atoms with E-state index < -0.39 is 0 Å². The number of aromatic nitrogens is 4. The minimum Gasteiger partial charge on any atom is -0.495 e. The van der Waals surface area contributed by atoms with Gasteiger partial charge in [0.2, 0.25) is 5.95 Å². The topological polar surface area (TPSA) is 84.9 Å². The summed E-state index contributed by atoms with van der Waals surface area (Å²) in [6.07, 6.45) is 3.30. The lowest BCUT2D eigenvalue weighted by Gasteiger charge is -2.09. The average Bonchev–Trinajstić information content (AvgIpc) is 2.61. The van der Waals surface area contributed by atoms with Crippen LogP contribution in [-0.2, 0) is 6.54 Å². The number of methoxy groups -OCH3 is 1. The average molecular weight is 343 g/mol. The van der Waals surface area contributed by atoms with Crippen LogP contribution in [-0.4, -0.2) is 27.3 Å². The van der Waals surface area contributed by atoms with Crippen LogP contribution in [0.25, 0.3) is 0 Å². The first-order valence-electron chi connectivity index (χ1n) is 7.18. The summed E-state index contributed by atoms with van der Waals surface area (Å²) in [5, 5.41) is 14.6. The summed E-state index contributed by atoms with van der Waals surface area (Å²) in [6.45, 7) is 0.549. The highest BCUT2D eigenvalue weighted by molar-refractivity contribution is 6.32. The fraction of sp³-hybridized carbons (Fsp3) is 0.125. The van der Waals surface area contributed by atoms with E-state index in [1.165, 1.54) is 0 Å². The van der Waals surface area contributed by atoms with Crippen molar-refractivity contribution in [3.05, 3.63) is 59.5 Å². The van der Waals surface area contributed by atoms with Gasteiger partial charge in [-0.05, 0) is 30.3 Å². The predicted molar refractivity (Wildman–Crippen MR) is 92.7 cm³/mol. The highest BCUT2D eigenvalue weighted by Crippen LogP contribution is 2.28. The summed E-state index contributed by atoms with van der Waals surface area (Å²) in [5.41, 5.74) is 1.65. The van der Waals surface area contributed by atoms with Crippen LogP contribution in [0.15, 0.2) is 48.8 Å². The van der Waals surface area contributed by atoms with E-state index in [4.69, 9.17) is 16.3 Å². The number of pyridine rings is 1. The number of ether oxygens (including phenoxy) is 1. The molecule has 0 unspecified atom stereocenters. The monoisotopic (exact) mass is 342 g/mol. The summed E-state index contributed by atoms with van der Waals surface area (Å²) in [4.78, 5) is 8.60. The second-order valence-electron chi connectivity index (χ2n) is 4.81. The molecule has 0 fully saturated rings. The van der Waals surface area contributed by atoms with E-state index in [0.717, 1.165) is 11.4 Å². The zero-order valence-corrected chi connectivity index (χ0v) is 13.7. The molecule has 7 nitrogen and oxygen atoms in total. The van der Waals surface area contributed by atoms with Crippen molar-refractivity contribution in [1.29, 1.82) is 0 Å². The molecule has 24 heavy (non-hydrogen) atoms. The molecule has 0 bridgehead atoms. The molecule has 122 valence electrons. The minimum absolute atomic E-state index is 0.363. The third-order valence-electron chi connectivity index (χ3n) is 3.14. The van der Waals surface area contributed by atoms with Crippen molar-refractivity contribution in [3.8, 4) is 5.75 Å². The number of hydrogen-bond donors (Lipinski definition) is 2. The SMILES string of the molecule is COc1ccc(Nc2nncc(NCc3ccccn3)n2)cc1Cl. The van der Waals surface area contributed by atoms with Crippen LogP contribution in [0.2, 0.25) is 5.02 Å². The van der Waals surface area contributed by atoms with Gasteiger partial charge in [0.1, 0.15) is 5.75 Å². The highest BCUT2D eigenvalue weighted by Gasteiger charge is 2.05. The predicted octanol–water partition coefficient (Wildman–Crippen LogP) is 3.28. The van der Waals surface area contributed by atoms with Gasteiger partial charge in [-0.3, -0.25) is 4.98 Å². The van der Waals surface area contributed by atoms with E-state index in [2.05, 4.69) is 30.8 Å². The van der Waals surface area contributed by atoms with Crippen molar-refractivity contribution in [3.63, 3.8) is 0 Å². The van der Waals surface area contributed by atoms with Crippen LogP contribution >= 0.6 is 11.6 Å². The molecule has 0 atom stereocenters. The first-order valence-corrected chi connectivity index (χ1v) is 7.56.